The van der Waals surface area contributed by atoms with Gasteiger partial charge in [0.2, 0.25) is 0 Å². The first-order chi connectivity index (χ1) is 11.9. The van der Waals surface area contributed by atoms with Gasteiger partial charge in [-0.2, -0.15) is 0 Å². The molecule has 0 spiro atoms. The fourth-order valence-corrected chi connectivity index (χ4v) is 3.10. The van der Waals surface area contributed by atoms with Gasteiger partial charge in [0.05, 0.1) is 5.02 Å². The second-order valence-electron chi connectivity index (χ2n) is 5.53. The van der Waals surface area contributed by atoms with Crippen LogP contribution >= 0.6 is 11.6 Å². The fraction of sp³-hybridized carbons (Fsp3) is 0.176. The Kier molecular flexibility index (Phi) is 4.59. The molecule has 2 amide bonds. The summed E-state index contributed by atoms with van der Waals surface area (Å²) in [6.45, 7) is 0. The number of carbonyl (C=O) groups excluding carboxylic acids is 2. The molecule has 8 heteroatoms. The van der Waals surface area contributed by atoms with E-state index in [0.717, 1.165) is 12.1 Å². The van der Waals surface area contributed by atoms with Crippen LogP contribution in [0, 0.1) is 11.6 Å². The third kappa shape index (κ3) is 3.41. The highest BCUT2D eigenvalue weighted by Gasteiger charge is 2.32. The zero-order chi connectivity index (χ0) is 18.1. The van der Waals surface area contributed by atoms with E-state index >= 15 is 0 Å². The molecule has 3 N–H and O–H groups in total. The zero-order valence-corrected chi connectivity index (χ0v) is 13.6. The Morgan fingerprint density at radius 3 is 2.60 bits per heavy atom. The Morgan fingerprint density at radius 2 is 1.92 bits per heavy atom. The first-order valence-electron chi connectivity index (χ1n) is 7.40. The molecule has 1 unspecified atom stereocenters. The second-order valence-corrected chi connectivity index (χ2v) is 5.94. The number of anilines is 1. The van der Waals surface area contributed by atoms with Gasteiger partial charge in [0.25, 0.3) is 5.91 Å². The number of hydrogen-bond donors (Lipinski definition) is 2. The average Bonchev–Trinajstić information content (AvgIpc) is 2.95. The topological polar surface area (TPSA) is 81.4 Å². The van der Waals surface area contributed by atoms with Crippen molar-refractivity contribution < 1.29 is 23.1 Å². The summed E-state index contributed by atoms with van der Waals surface area (Å²) in [7, 11) is 0. The molecule has 130 valence electrons. The number of nitrogens with one attached hydrogen (secondary N) is 1. The predicted molar refractivity (Wildman–Crippen MR) is 87.5 cm³/mol. The van der Waals surface area contributed by atoms with E-state index in [1.807, 2.05) is 0 Å². The maximum Gasteiger partial charge on any atom is 0.405 e. The number of nitrogens with two attached hydrogens (primary N) is 1. The van der Waals surface area contributed by atoms with Crippen LogP contribution < -0.4 is 11.1 Å². The standard InChI is InChI=1S/C17H13ClF2N2O3/c18-11-7-8(1-4-12(11)19)22-16(23)10-2-5-13(20)15-9(10)3-6-14(15)25-17(21)24/h1-2,4-5,7,14H,3,6H2,(H2,21,24)(H,22,23). The number of hydrogen-bond acceptors (Lipinski definition) is 3. The minimum atomic E-state index is -1.01. The maximum absolute atomic E-state index is 14.1. The van der Waals surface area contributed by atoms with E-state index in [1.54, 1.807) is 0 Å². The van der Waals surface area contributed by atoms with Crippen molar-refractivity contribution >= 4 is 29.3 Å². The fourth-order valence-electron chi connectivity index (χ4n) is 2.92. The molecule has 0 aromatic heterocycles. The summed E-state index contributed by atoms with van der Waals surface area (Å²) in [5, 5.41) is 2.46. The van der Waals surface area contributed by atoms with Crippen molar-refractivity contribution in [2.45, 2.75) is 18.9 Å². The lowest BCUT2D eigenvalue weighted by molar-refractivity contribution is 0.102. The summed E-state index contributed by atoms with van der Waals surface area (Å²) >= 11 is 5.69. The number of amides is 2. The first-order valence-corrected chi connectivity index (χ1v) is 7.78. The molecule has 0 aliphatic heterocycles. The maximum atomic E-state index is 14.1. The first kappa shape index (κ1) is 17.2. The number of ether oxygens (including phenoxy) is 1. The molecule has 3 rings (SSSR count). The minimum absolute atomic E-state index is 0.128. The number of carbonyl (C=O) groups is 2. The molecule has 0 heterocycles. The van der Waals surface area contributed by atoms with Gasteiger partial charge in [-0.25, -0.2) is 13.6 Å². The summed E-state index contributed by atoms with van der Waals surface area (Å²) in [6.07, 6.45) is -1.13. The van der Waals surface area contributed by atoms with Crippen molar-refractivity contribution in [3.8, 4) is 0 Å². The molecule has 1 aliphatic carbocycles. The van der Waals surface area contributed by atoms with Gasteiger partial charge in [-0.05, 0) is 48.7 Å². The monoisotopic (exact) mass is 366 g/mol. The molecule has 2 aromatic carbocycles. The third-order valence-corrected chi connectivity index (χ3v) is 4.25. The average molecular weight is 367 g/mol. The molecule has 0 bridgehead atoms. The Labute approximate surface area is 146 Å². The van der Waals surface area contributed by atoms with Crippen molar-refractivity contribution in [3.05, 3.63) is 63.7 Å². The van der Waals surface area contributed by atoms with Gasteiger partial charge in [0, 0.05) is 16.8 Å². The Hall–Kier alpha value is -2.67. The van der Waals surface area contributed by atoms with Gasteiger partial charge in [0.1, 0.15) is 17.7 Å². The lowest BCUT2D eigenvalue weighted by Gasteiger charge is -2.14. The summed E-state index contributed by atoms with van der Waals surface area (Å²) in [5.41, 5.74) is 6.16. The molecule has 0 radical (unpaired) electrons. The number of primary amides is 1. The van der Waals surface area contributed by atoms with Gasteiger partial charge in [0.15, 0.2) is 0 Å². The molecule has 5 nitrogen and oxygen atoms in total. The number of benzene rings is 2. The highest BCUT2D eigenvalue weighted by atomic mass is 35.5. The molecular formula is C17H13ClF2N2O3. The van der Waals surface area contributed by atoms with E-state index in [0.29, 0.717) is 24.1 Å². The molecule has 2 aromatic rings. The molecule has 0 saturated carbocycles. The van der Waals surface area contributed by atoms with E-state index in [2.05, 4.69) is 5.32 Å². The summed E-state index contributed by atoms with van der Waals surface area (Å²) in [6, 6.07) is 6.25. The van der Waals surface area contributed by atoms with Gasteiger partial charge in [-0.15, -0.1) is 0 Å². The summed E-state index contributed by atoms with van der Waals surface area (Å²) in [4.78, 5) is 23.5. The van der Waals surface area contributed by atoms with Crippen LogP contribution in [0.2, 0.25) is 5.02 Å². The van der Waals surface area contributed by atoms with Crippen molar-refractivity contribution in [1.29, 1.82) is 0 Å². The zero-order valence-electron chi connectivity index (χ0n) is 12.8. The summed E-state index contributed by atoms with van der Waals surface area (Å²) in [5.74, 6) is -1.67. The van der Waals surface area contributed by atoms with Crippen LogP contribution in [0.25, 0.3) is 0 Å². The highest BCUT2D eigenvalue weighted by molar-refractivity contribution is 6.31. The highest BCUT2D eigenvalue weighted by Crippen LogP contribution is 2.38. The Balaban J connectivity index is 1.90. The third-order valence-electron chi connectivity index (χ3n) is 3.96. The van der Waals surface area contributed by atoms with E-state index < -0.39 is 29.7 Å². The largest absolute Gasteiger partial charge is 0.441 e. The van der Waals surface area contributed by atoms with Crippen molar-refractivity contribution in [3.63, 3.8) is 0 Å². The van der Waals surface area contributed by atoms with Gasteiger partial charge in [-0.3, -0.25) is 4.79 Å². The van der Waals surface area contributed by atoms with Crippen LogP contribution in [-0.4, -0.2) is 12.0 Å². The lowest BCUT2D eigenvalue weighted by atomic mass is 10.0. The molecule has 0 saturated heterocycles. The Morgan fingerprint density at radius 1 is 1.20 bits per heavy atom. The van der Waals surface area contributed by atoms with Crippen LogP contribution in [0.15, 0.2) is 30.3 Å². The lowest BCUT2D eigenvalue weighted by Crippen LogP contribution is -2.17. The molecule has 1 aliphatic rings. The number of fused-ring (bicyclic) bond motifs is 1. The second kappa shape index (κ2) is 6.68. The van der Waals surface area contributed by atoms with Gasteiger partial charge in [-0.1, -0.05) is 11.6 Å². The minimum Gasteiger partial charge on any atom is -0.441 e. The normalized spacial score (nSPS) is 15.6. The van der Waals surface area contributed by atoms with Crippen LogP contribution in [0.3, 0.4) is 0 Å². The number of rotatable bonds is 3. The van der Waals surface area contributed by atoms with E-state index in [9.17, 15) is 18.4 Å². The van der Waals surface area contributed by atoms with Gasteiger partial charge >= 0.3 is 6.09 Å². The number of halogens is 3. The smallest absolute Gasteiger partial charge is 0.405 e. The van der Waals surface area contributed by atoms with E-state index in [4.69, 9.17) is 22.1 Å². The van der Waals surface area contributed by atoms with Crippen LogP contribution in [0.5, 0.6) is 0 Å². The molecule has 25 heavy (non-hydrogen) atoms. The predicted octanol–water partition coefficient (Wildman–Crippen LogP) is 3.95. The SMILES string of the molecule is NC(=O)OC1CCc2c(C(=O)Nc3ccc(F)c(Cl)c3)ccc(F)c21. The van der Waals surface area contributed by atoms with Crippen molar-refractivity contribution in [2.24, 2.45) is 5.73 Å². The van der Waals surface area contributed by atoms with Crippen LogP contribution in [0.1, 0.15) is 34.0 Å². The molecule has 0 fully saturated rings. The van der Waals surface area contributed by atoms with Crippen molar-refractivity contribution in [1.82, 2.24) is 0 Å². The molecule has 1 atom stereocenters. The summed E-state index contributed by atoms with van der Waals surface area (Å²) < 4.78 is 32.2. The van der Waals surface area contributed by atoms with E-state index in [1.165, 1.54) is 18.2 Å². The van der Waals surface area contributed by atoms with Crippen molar-refractivity contribution in [2.75, 3.05) is 5.32 Å². The quantitative estimate of drug-likeness (QED) is 0.862. The van der Waals surface area contributed by atoms with Gasteiger partial charge < -0.3 is 15.8 Å². The van der Waals surface area contributed by atoms with E-state index in [-0.39, 0.29) is 16.1 Å². The van der Waals surface area contributed by atoms with Crippen LogP contribution in [-0.2, 0) is 11.2 Å². The Bertz CT molecular complexity index is 873. The molecular weight excluding hydrogens is 354 g/mol. The van der Waals surface area contributed by atoms with Crippen LogP contribution in [0.4, 0.5) is 19.3 Å².